The SMILES string of the molecule is COc1cc(C(=S)N2CCN(c3ccc(F)cc3)CC2)cc(Cl)c1OCC(=O)Nc1ccc(Cl)cc1. The Kier molecular flexibility index (Phi) is 8.51. The number of carbonyl (C=O) groups excluding carboxylic acids is 1. The van der Waals surface area contributed by atoms with Crippen LogP contribution in [0.3, 0.4) is 0 Å². The van der Waals surface area contributed by atoms with Gasteiger partial charge in [0, 0.05) is 48.1 Å². The molecular formula is C26H24Cl2FN3O3S. The van der Waals surface area contributed by atoms with Crippen molar-refractivity contribution >= 4 is 57.7 Å². The van der Waals surface area contributed by atoms with Gasteiger partial charge in [0.25, 0.3) is 5.91 Å². The molecule has 0 spiro atoms. The fourth-order valence-electron chi connectivity index (χ4n) is 3.85. The smallest absolute Gasteiger partial charge is 0.262 e. The van der Waals surface area contributed by atoms with E-state index < -0.39 is 0 Å². The normalized spacial score (nSPS) is 13.3. The first kappa shape index (κ1) is 26.0. The van der Waals surface area contributed by atoms with E-state index in [0.29, 0.717) is 34.5 Å². The van der Waals surface area contributed by atoms with Gasteiger partial charge in [0.15, 0.2) is 18.1 Å². The third kappa shape index (κ3) is 6.37. The Balaban J connectivity index is 1.38. The van der Waals surface area contributed by atoms with Crippen molar-refractivity contribution in [1.82, 2.24) is 4.90 Å². The molecule has 1 aliphatic heterocycles. The minimum atomic E-state index is -0.353. The number of piperazine rings is 1. The number of anilines is 2. The van der Waals surface area contributed by atoms with Crippen LogP contribution in [0.15, 0.2) is 60.7 Å². The Morgan fingerprint density at radius 2 is 1.69 bits per heavy atom. The van der Waals surface area contributed by atoms with E-state index in [1.54, 1.807) is 48.5 Å². The third-order valence-electron chi connectivity index (χ3n) is 5.71. The van der Waals surface area contributed by atoms with Crippen LogP contribution in [0.2, 0.25) is 10.0 Å². The van der Waals surface area contributed by atoms with Crippen molar-refractivity contribution in [2.75, 3.05) is 50.1 Å². The van der Waals surface area contributed by atoms with Crippen LogP contribution in [-0.2, 0) is 4.79 Å². The van der Waals surface area contributed by atoms with Crippen LogP contribution in [0.4, 0.5) is 15.8 Å². The molecule has 3 aromatic carbocycles. The summed E-state index contributed by atoms with van der Waals surface area (Å²) in [5, 5.41) is 3.60. The molecule has 0 unspecified atom stereocenters. The summed E-state index contributed by atoms with van der Waals surface area (Å²) < 4.78 is 24.4. The average molecular weight is 548 g/mol. The Morgan fingerprint density at radius 3 is 2.33 bits per heavy atom. The summed E-state index contributed by atoms with van der Waals surface area (Å²) in [6, 6.07) is 16.7. The van der Waals surface area contributed by atoms with Crippen LogP contribution in [0.1, 0.15) is 5.56 Å². The van der Waals surface area contributed by atoms with Gasteiger partial charge in [-0.05, 0) is 60.7 Å². The van der Waals surface area contributed by atoms with E-state index in [0.717, 1.165) is 24.3 Å². The lowest BCUT2D eigenvalue weighted by Crippen LogP contribution is -2.48. The van der Waals surface area contributed by atoms with E-state index in [-0.39, 0.29) is 29.1 Å². The maximum atomic E-state index is 13.2. The Hall–Kier alpha value is -3.07. The molecule has 0 aromatic heterocycles. The minimum absolute atomic E-state index is 0.251. The standard InChI is InChI=1S/C26H24Cl2FN3O3S/c1-34-23-15-17(26(36)32-12-10-31(11-13-32)21-8-4-19(29)5-9-21)14-22(28)25(23)35-16-24(33)30-20-6-2-18(27)3-7-20/h2-9,14-15H,10-13,16H2,1H3,(H,30,33). The molecule has 0 saturated carbocycles. The van der Waals surface area contributed by atoms with Crippen LogP contribution in [0.25, 0.3) is 0 Å². The van der Waals surface area contributed by atoms with Gasteiger partial charge in [-0.2, -0.15) is 0 Å². The number of benzene rings is 3. The van der Waals surface area contributed by atoms with Crippen molar-refractivity contribution < 1.29 is 18.7 Å². The van der Waals surface area contributed by atoms with Gasteiger partial charge < -0.3 is 24.6 Å². The largest absolute Gasteiger partial charge is 0.493 e. The van der Waals surface area contributed by atoms with Crippen molar-refractivity contribution in [1.29, 1.82) is 0 Å². The van der Waals surface area contributed by atoms with Crippen LogP contribution in [0, 0.1) is 5.82 Å². The molecule has 0 atom stereocenters. The molecule has 6 nitrogen and oxygen atoms in total. The molecule has 36 heavy (non-hydrogen) atoms. The van der Waals surface area contributed by atoms with Gasteiger partial charge in [0.2, 0.25) is 0 Å². The predicted octanol–water partition coefficient (Wildman–Crippen LogP) is 5.66. The molecular weight excluding hydrogens is 524 g/mol. The zero-order valence-corrected chi connectivity index (χ0v) is 21.8. The summed E-state index contributed by atoms with van der Waals surface area (Å²) in [7, 11) is 1.50. The van der Waals surface area contributed by atoms with Gasteiger partial charge in [0.1, 0.15) is 10.8 Å². The molecule has 1 saturated heterocycles. The first-order valence-corrected chi connectivity index (χ1v) is 12.4. The fourth-order valence-corrected chi connectivity index (χ4v) is 4.55. The maximum Gasteiger partial charge on any atom is 0.262 e. The van der Waals surface area contributed by atoms with E-state index in [1.807, 2.05) is 0 Å². The van der Waals surface area contributed by atoms with Crippen LogP contribution in [0.5, 0.6) is 11.5 Å². The van der Waals surface area contributed by atoms with Crippen LogP contribution in [-0.4, -0.2) is 55.7 Å². The molecule has 10 heteroatoms. The Bertz CT molecular complexity index is 1230. The second-order valence-electron chi connectivity index (χ2n) is 8.09. The van der Waals surface area contributed by atoms with Crippen molar-refractivity contribution in [3.8, 4) is 11.5 Å². The molecule has 4 rings (SSSR count). The van der Waals surface area contributed by atoms with Gasteiger partial charge in [-0.1, -0.05) is 35.4 Å². The number of halogens is 3. The number of hydrogen-bond donors (Lipinski definition) is 1. The van der Waals surface area contributed by atoms with Gasteiger partial charge in [-0.15, -0.1) is 0 Å². The fraction of sp³-hybridized carbons (Fsp3) is 0.231. The molecule has 0 bridgehead atoms. The minimum Gasteiger partial charge on any atom is -0.493 e. The van der Waals surface area contributed by atoms with Crippen molar-refractivity contribution in [3.05, 3.63) is 82.1 Å². The lowest BCUT2D eigenvalue weighted by atomic mass is 10.1. The molecule has 188 valence electrons. The van der Waals surface area contributed by atoms with Gasteiger partial charge in [-0.3, -0.25) is 4.79 Å². The van der Waals surface area contributed by atoms with Crippen molar-refractivity contribution in [2.24, 2.45) is 0 Å². The maximum absolute atomic E-state index is 13.2. The van der Waals surface area contributed by atoms with E-state index >= 15 is 0 Å². The van der Waals surface area contributed by atoms with Crippen LogP contribution < -0.4 is 19.7 Å². The highest BCUT2D eigenvalue weighted by Crippen LogP contribution is 2.37. The lowest BCUT2D eigenvalue weighted by molar-refractivity contribution is -0.118. The summed E-state index contributed by atoms with van der Waals surface area (Å²) >= 11 is 18.1. The number of thiocarbonyl (C=S) groups is 1. The van der Waals surface area contributed by atoms with Gasteiger partial charge >= 0.3 is 0 Å². The third-order valence-corrected chi connectivity index (χ3v) is 6.74. The van der Waals surface area contributed by atoms with Gasteiger partial charge in [0.05, 0.1) is 12.1 Å². The molecule has 0 radical (unpaired) electrons. The zero-order chi connectivity index (χ0) is 25.7. The van der Waals surface area contributed by atoms with Gasteiger partial charge in [-0.25, -0.2) is 4.39 Å². The van der Waals surface area contributed by atoms with Crippen molar-refractivity contribution in [3.63, 3.8) is 0 Å². The number of methoxy groups -OCH3 is 1. The van der Waals surface area contributed by atoms with E-state index in [4.69, 9.17) is 44.9 Å². The molecule has 0 aliphatic carbocycles. The summed E-state index contributed by atoms with van der Waals surface area (Å²) in [6.07, 6.45) is 0. The summed E-state index contributed by atoms with van der Waals surface area (Å²) in [6.45, 7) is 2.66. The summed E-state index contributed by atoms with van der Waals surface area (Å²) in [5.41, 5.74) is 2.31. The molecule has 1 fully saturated rings. The lowest BCUT2D eigenvalue weighted by Gasteiger charge is -2.37. The molecule has 1 heterocycles. The summed E-state index contributed by atoms with van der Waals surface area (Å²) in [5.74, 6) is 0.0373. The van der Waals surface area contributed by atoms with E-state index in [1.165, 1.54) is 19.2 Å². The quantitative estimate of drug-likeness (QED) is 0.385. The Labute approximate surface area is 224 Å². The number of carbonyl (C=O) groups is 1. The number of hydrogen-bond acceptors (Lipinski definition) is 5. The molecule has 1 N–H and O–H groups in total. The number of ether oxygens (including phenoxy) is 2. The number of nitrogens with zero attached hydrogens (tertiary/aromatic N) is 2. The average Bonchev–Trinajstić information content (AvgIpc) is 2.89. The first-order chi connectivity index (χ1) is 17.3. The molecule has 3 aromatic rings. The van der Waals surface area contributed by atoms with E-state index in [9.17, 15) is 9.18 Å². The number of rotatable bonds is 7. The summed E-state index contributed by atoms with van der Waals surface area (Å²) in [4.78, 5) is 17.2. The molecule has 1 amide bonds. The Morgan fingerprint density at radius 1 is 1.03 bits per heavy atom. The molecule has 1 aliphatic rings. The highest BCUT2D eigenvalue weighted by atomic mass is 35.5. The topological polar surface area (TPSA) is 54.0 Å². The van der Waals surface area contributed by atoms with E-state index in [2.05, 4.69) is 15.1 Å². The van der Waals surface area contributed by atoms with Crippen molar-refractivity contribution in [2.45, 2.75) is 0 Å². The second kappa shape index (κ2) is 11.8. The number of nitrogens with one attached hydrogen (secondary N) is 1. The predicted molar refractivity (Wildman–Crippen MR) is 145 cm³/mol. The number of amides is 1. The highest BCUT2D eigenvalue weighted by Gasteiger charge is 2.22. The first-order valence-electron chi connectivity index (χ1n) is 11.2. The second-order valence-corrected chi connectivity index (χ2v) is 9.32. The van der Waals surface area contributed by atoms with Crippen LogP contribution >= 0.6 is 35.4 Å². The highest BCUT2D eigenvalue weighted by molar-refractivity contribution is 7.80. The monoisotopic (exact) mass is 547 g/mol. The zero-order valence-electron chi connectivity index (χ0n) is 19.5.